The number of rotatable bonds is 7. The lowest BCUT2D eigenvalue weighted by Gasteiger charge is -2.27. The van der Waals surface area contributed by atoms with Gasteiger partial charge in [0.15, 0.2) is 0 Å². The third-order valence-corrected chi connectivity index (χ3v) is 5.37. The van der Waals surface area contributed by atoms with Gasteiger partial charge in [-0.2, -0.15) is 0 Å². The second-order valence-electron chi connectivity index (χ2n) is 7.72. The van der Waals surface area contributed by atoms with E-state index in [1.54, 1.807) is 0 Å². The summed E-state index contributed by atoms with van der Waals surface area (Å²) < 4.78 is 0. The Balaban J connectivity index is 1.80. The van der Waals surface area contributed by atoms with Crippen LogP contribution in [0, 0.1) is 20.8 Å². The van der Waals surface area contributed by atoms with Gasteiger partial charge in [-0.05, 0) is 72.2 Å². The number of nitrogens with zero attached hydrogens (tertiary/aromatic N) is 5. The minimum absolute atomic E-state index is 0.162. The molecule has 29 heavy (non-hydrogen) atoms. The molecule has 1 aliphatic heterocycles. The predicted molar refractivity (Wildman–Crippen MR) is 115 cm³/mol. The highest BCUT2D eigenvalue weighted by atomic mass is 16.2. The number of carbonyl (C=O) groups excluding carboxylic acids is 1. The van der Waals surface area contributed by atoms with Gasteiger partial charge in [-0.1, -0.05) is 0 Å². The van der Waals surface area contributed by atoms with Gasteiger partial charge in [0.25, 0.3) is 0 Å². The molecule has 7 nitrogen and oxygen atoms in total. The van der Waals surface area contributed by atoms with Gasteiger partial charge in [0.2, 0.25) is 11.9 Å². The van der Waals surface area contributed by atoms with E-state index < -0.39 is 0 Å². The van der Waals surface area contributed by atoms with Crippen molar-refractivity contribution in [2.75, 3.05) is 31.5 Å². The highest BCUT2D eigenvalue weighted by Crippen LogP contribution is 2.32. The predicted octanol–water partition coefficient (Wildman–Crippen LogP) is 3.55. The first kappa shape index (κ1) is 21.2. The van der Waals surface area contributed by atoms with E-state index in [0.29, 0.717) is 12.5 Å². The lowest BCUT2D eigenvalue weighted by Crippen LogP contribution is -2.40. The molecule has 0 aromatic carbocycles. The number of aromatic nitrogens is 3. The highest BCUT2D eigenvalue weighted by Gasteiger charge is 2.30. The van der Waals surface area contributed by atoms with Crippen LogP contribution in [0.3, 0.4) is 0 Å². The number of hydrogen-bond acceptors (Lipinski definition) is 6. The lowest BCUT2D eigenvalue weighted by atomic mass is 10.1. The van der Waals surface area contributed by atoms with E-state index in [4.69, 9.17) is 4.98 Å². The quantitative estimate of drug-likeness (QED) is 0.772. The summed E-state index contributed by atoms with van der Waals surface area (Å²) in [6.45, 7) is 12.9. The van der Waals surface area contributed by atoms with E-state index in [0.717, 1.165) is 60.9 Å². The van der Waals surface area contributed by atoms with Crippen LogP contribution in [0.4, 0.5) is 11.6 Å². The van der Waals surface area contributed by atoms with Crippen molar-refractivity contribution in [3.8, 4) is 0 Å². The second-order valence-corrected chi connectivity index (χ2v) is 7.72. The first-order valence-corrected chi connectivity index (χ1v) is 10.5. The normalized spacial score (nSPS) is 16.8. The molecule has 1 atom stereocenters. The Hall–Kier alpha value is -2.54. The summed E-state index contributed by atoms with van der Waals surface area (Å²) in [7, 11) is 0. The zero-order chi connectivity index (χ0) is 21.0. The van der Waals surface area contributed by atoms with Gasteiger partial charge in [-0.25, -0.2) is 9.97 Å². The maximum absolute atomic E-state index is 12.6. The molecule has 3 rings (SSSR count). The third kappa shape index (κ3) is 5.29. The van der Waals surface area contributed by atoms with Crippen LogP contribution in [0.5, 0.6) is 0 Å². The van der Waals surface area contributed by atoms with Gasteiger partial charge in [0.1, 0.15) is 0 Å². The Morgan fingerprint density at radius 1 is 1.07 bits per heavy atom. The van der Waals surface area contributed by atoms with Gasteiger partial charge in [-0.3, -0.25) is 14.7 Å². The van der Waals surface area contributed by atoms with Crippen LogP contribution < -0.4 is 5.32 Å². The molecule has 1 saturated heterocycles. The summed E-state index contributed by atoms with van der Waals surface area (Å²) in [5.74, 6) is 0.788. The number of carbonyl (C=O) groups is 1. The zero-order valence-electron chi connectivity index (χ0n) is 18.2. The van der Waals surface area contributed by atoms with Crippen molar-refractivity contribution >= 4 is 17.5 Å². The number of pyridine rings is 1. The van der Waals surface area contributed by atoms with Crippen LogP contribution in [0.15, 0.2) is 18.2 Å². The first-order chi connectivity index (χ1) is 13.9. The molecule has 0 radical (unpaired) electrons. The molecule has 156 valence electrons. The average Bonchev–Trinajstić information content (AvgIpc) is 3.09. The Morgan fingerprint density at radius 3 is 2.38 bits per heavy atom. The fourth-order valence-corrected chi connectivity index (χ4v) is 4.05. The van der Waals surface area contributed by atoms with Crippen LogP contribution in [-0.2, 0) is 4.79 Å². The molecule has 0 unspecified atom stereocenters. The van der Waals surface area contributed by atoms with Gasteiger partial charge in [0.05, 0.1) is 18.3 Å². The van der Waals surface area contributed by atoms with Crippen molar-refractivity contribution in [2.24, 2.45) is 0 Å². The summed E-state index contributed by atoms with van der Waals surface area (Å²) in [6.07, 6.45) is 2.09. The summed E-state index contributed by atoms with van der Waals surface area (Å²) in [4.78, 5) is 30.5. The van der Waals surface area contributed by atoms with E-state index in [1.807, 2.05) is 51.7 Å². The van der Waals surface area contributed by atoms with Crippen LogP contribution in [-0.4, -0.2) is 56.8 Å². The molecule has 0 saturated carbocycles. The monoisotopic (exact) mass is 396 g/mol. The number of likely N-dealkylation sites (N-methyl/N-ethyl adjacent to an activating group) is 1. The summed E-state index contributed by atoms with van der Waals surface area (Å²) in [6, 6.07) is 6.19. The smallest absolute Gasteiger partial charge is 0.236 e. The summed E-state index contributed by atoms with van der Waals surface area (Å²) >= 11 is 0. The molecule has 0 bridgehead atoms. The highest BCUT2D eigenvalue weighted by molar-refractivity contribution is 5.78. The molecule has 3 heterocycles. The molecule has 0 spiro atoms. The Labute approximate surface area is 173 Å². The number of likely N-dealkylation sites (tertiary alicyclic amines) is 1. The number of nitrogens with one attached hydrogen (secondary N) is 1. The lowest BCUT2D eigenvalue weighted by molar-refractivity contribution is -0.132. The number of amides is 1. The standard InChI is InChI=1S/C22H32N6O/c1-6-27(7-2)21(29)14-28-10-8-9-20(28)19-13-18(12-17(5)23-19)26-22-24-15(3)11-16(4)25-22/h11-13,20H,6-10,14H2,1-5H3,(H,23,24,25,26)/t20-/m1/s1. The number of anilines is 2. The second kappa shape index (κ2) is 9.31. The summed E-state index contributed by atoms with van der Waals surface area (Å²) in [5, 5.41) is 3.33. The Kier molecular flexibility index (Phi) is 6.79. The molecule has 7 heteroatoms. The molecule has 1 N–H and O–H groups in total. The SMILES string of the molecule is CCN(CC)C(=O)CN1CCC[C@@H]1c1cc(Nc2nc(C)cc(C)n2)cc(C)n1. The van der Waals surface area contributed by atoms with Crippen LogP contribution in [0.2, 0.25) is 0 Å². The average molecular weight is 397 g/mol. The van der Waals surface area contributed by atoms with Gasteiger partial charge < -0.3 is 10.2 Å². The van der Waals surface area contributed by atoms with Gasteiger partial charge >= 0.3 is 0 Å². The van der Waals surface area contributed by atoms with E-state index in [1.165, 1.54) is 0 Å². The molecule has 1 aliphatic rings. The van der Waals surface area contributed by atoms with Gasteiger partial charge in [0, 0.05) is 35.9 Å². The molecular formula is C22H32N6O. The molecule has 1 amide bonds. The molecular weight excluding hydrogens is 364 g/mol. The zero-order valence-corrected chi connectivity index (χ0v) is 18.2. The van der Waals surface area contributed by atoms with Crippen molar-refractivity contribution in [2.45, 2.75) is 53.5 Å². The Bertz CT molecular complexity index is 844. The van der Waals surface area contributed by atoms with Gasteiger partial charge in [-0.15, -0.1) is 0 Å². The third-order valence-electron chi connectivity index (χ3n) is 5.37. The van der Waals surface area contributed by atoms with E-state index in [-0.39, 0.29) is 11.9 Å². The first-order valence-electron chi connectivity index (χ1n) is 10.5. The minimum atomic E-state index is 0.162. The Morgan fingerprint density at radius 2 is 1.72 bits per heavy atom. The van der Waals surface area contributed by atoms with Crippen LogP contribution in [0.25, 0.3) is 0 Å². The van der Waals surface area contributed by atoms with Crippen molar-refractivity contribution in [3.05, 3.63) is 41.0 Å². The fraction of sp³-hybridized carbons (Fsp3) is 0.545. The maximum Gasteiger partial charge on any atom is 0.236 e. The summed E-state index contributed by atoms with van der Waals surface area (Å²) in [5.41, 5.74) is 4.74. The molecule has 0 aliphatic carbocycles. The molecule has 1 fully saturated rings. The number of aryl methyl sites for hydroxylation is 3. The van der Waals surface area contributed by atoms with Crippen molar-refractivity contribution in [3.63, 3.8) is 0 Å². The van der Waals surface area contributed by atoms with E-state index in [9.17, 15) is 4.79 Å². The maximum atomic E-state index is 12.6. The minimum Gasteiger partial charge on any atom is -0.342 e. The van der Waals surface area contributed by atoms with Crippen molar-refractivity contribution < 1.29 is 4.79 Å². The van der Waals surface area contributed by atoms with Crippen LogP contribution in [0.1, 0.15) is 55.5 Å². The van der Waals surface area contributed by atoms with E-state index in [2.05, 4.69) is 26.3 Å². The van der Waals surface area contributed by atoms with Crippen molar-refractivity contribution in [1.29, 1.82) is 0 Å². The topological polar surface area (TPSA) is 74.2 Å². The number of hydrogen-bond donors (Lipinski definition) is 1. The van der Waals surface area contributed by atoms with E-state index >= 15 is 0 Å². The largest absolute Gasteiger partial charge is 0.342 e. The fourth-order valence-electron chi connectivity index (χ4n) is 4.05. The molecule has 2 aromatic rings. The molecule has 2 aromatic heterocycles. The van der Waals surface area contributed by atoms with Crippen LogP contribution >= 0.6 is 0 Å². The van der Waals surface area contributed by atoms with Crippen molar-refractivity contribution in [1.82, 2.24) is 24.8 Å².